The van der Waals surface area contributed by atoms with Gasteiger partial charge in [-0.3, -0.25) is 5.73 Å². The zero-order chi connectivity index (χ0) is 8.32. The van der Waals surface area contributed by atoms with Crippen LogP contribution in [0.1, 0.15) is 0 Å². The van der Waals surface area contributed by atoms with Crippen LogP contribution in [0.3, 0.4) is 0 Å². The van der Waals surface area contributed by atoms with Crippen molar-refractivity contribution in [3.8, 4) is 0 Å². The molecule has 0 amide bonds. The molecule has 0 fully saturated rings. The van der Waals surface area contributed by atoms with Gasteiger partial charge in [0.05, 0.1) is 7.11 Å². The third kappa shape index (κ3) is 1.72. The number of allylic oxidation sites excluding steroid dienone is 2. The number of hydrogen-bond acceptors (Lipinski definition) is 4. The number of nitrogens with one attached hydrogen (secondary N) is 1. The summed E-state index contributed by atoms with van der Waals surface area (Å²) in [5, 5.41) is 2.84. The highest BCUT2D eigenvalue weighted by Crippen LogP contribution is 2.08. The van der Waals surface area contributed by atoms with Crippen LogP contribution in [0.4, 0.5) is 0 Å². The highest BCUT2D eigenvalue weighted by Gasteiger charge is 2.23. The maximum absolute atomic E-state index is 5.68. The van der Waals surface area contributed by atoms with E-state index < -0.39 is 5.85 Å². The van der Waals surface area contributed by atoms with Crippen molar-refractivity contribution in [3.63, 3.8) is 0 Å². The van der Waals surface area contributed by atoms with Crippen LogP contribution in [0.25, 0.3) is 0 Å². The zero-order valence-corrected chi connectivity index (χ0v) is 6.63. The molecule has 62 valence electrons. The van der Waals surface area contributed by atoms with Crippen molar-refractivity contribution in [2.45, 2.75) is 5.85 Å². The second-order valence-corrected chi connectivity index (χ2v) is 2.22. The van der Waals surface area contributed by atoms with Gasteiger partial charge in [0.2, 0.25) is 5.85 Å². The summed E-state index contributed by atoms with van der Waals surface area (Å²) in [6, 6.07) is 0. The fourth-order valence-corrected chi connectivity index (χ4v) is 0.792. The number of ether oxygens (including phenoxy) is 2. The van der Waals surface area contributed by atoms with Crippen molar-refractivity contribution >= 4 is 0 Å². The molecule has 11 heavy (non-hydrogen) atoms. The molecule has 0 aliphatic carbocycles. The highest BCUT2D eigenvalue weighted by atomic mass is 16.5. The van der Waals surface area contributed by atoms with Crippen molar-refractivity contribution in [1.29, 1.82) is 0 Å². The first-order chi connectivity index (χ1) is 5.20. The van der Waals surface area contributed by atoms with E-state index in [1.807, 2.05) is 0 Å². The predicted molar refractivity (Wildman–Crippen MR) is 41.3 cm³/mol. The lowest BCUT2D eigenvalue weighted by atomic mass is 10.3. The summed E-state index contributed by atoms with van der Waals surface area (Å²) in [5.74, 6) is -0.336. The Morgan fingerprint density at radius 3 is 2.82 bits per heavy atom. The Kier molecular flexibility index (Phi) is 2.16. The van der Waals surface area contributed by atoms with Gasteiger partial charge in [0.1, 0.15) is 0 Å². The second-order valence-electron chi connectivity index (χ2n) is 2.22. The molecule has 1 aliphatic heterocycles. The van der Waals surface area contributed by atoms with E-state index in [0.717, 1.165) is 0 Å². The van der Waals surface area contributed by atoms with Gasteiger partial charge in [-0.15, -0.1) is 0 Å². The topological polar surface area (TPSA) is 56.5 Å². The van der Waals surface area contributed by atoms with Crippen molar-refractivity contribution < 1.29 is 9.47 Å². The fraction of sp³-hybridized carbons (Fsp3) is 0.429. The van der Waals surface area contributed by atoms with Gasteiger partial charge in [-0.2, -0.15) is 0 Å². The maximum Gasteiger partial charge on any atom is 0.215 e. The molecule has 4 heteroatoms. The van der Waals surface area contributed by atoms with Gasteiger partial charge >= 0.3 is 0 Å². The van der Waals surface area contributed by atoms with Crippen LogP contribution in [-0.4, -0.2) is 20.1 Å². The van der Waals surface area contributed by atoms with Gasteiger partial charge in [0, 0.05) is 7.11 Å². The van der Waals surface area contributed by atoms with Gasteiger partial charge in [-0.1, -0.05) is 6.08 Å². The lowest BCUT2D eigenvalue weighted by Crippen LogP contribution is -2.54. The van der Waals surface area contributed by atoms with Crippen LogP contribution in [0.5, 0.6) is 0 Å². The Bertz CT molecular complexity index is 201. The molecule has 1 unspecified atom stereocenters. The van der Waals surface area contributed by atoms with Crippen LogP contribution in [0.15, 0.2) is 24.1 Å². The third-order valence-corrected chi connectivity index (χ3v) is 1.47. The van der Waals surface area contributed by atoms with Crippen molar-refractivity contribution in [2.75, 3.05) is 14.2 Å². The molecule has 1 rings (SSSR count). The molecule has 0 saturated heterocycles. The summed E-state index contributed by atoms with van der Waals surface area (Å²) in [4.78, 5) is 0. The molecule has 0 saturated carbocycles. The van der Waals surface area contributed by atoms with Crippen LogP contribution in [0, 0.1) is 0 Å². The minimum atomic E-state index is -0.930. The third-order valence-electron chi connectivity index (χ3n) is 1.47. The lowest BCUT2D eigenvalue weighted by molar-refractivity contribution is 0.000552. The molecule has 0 bridgehead atoms. The summed E-state index contributed by atoms with van der Waals surface area (Å²) in [6.07, 6.45) is 5.25. The molecule has 4 nitrogen and oxygen atoms in total. The monoisotopic (exact) mass is 156 g/mol. The van der Waals surface area contributed by atoms with Gasteiger partial charge in [-0.25, -0.2) is 0 Å². The molecule has 3 N–H and O–H groups in total. The standard InChI is InChI=1S/C7H12N2O2/c1-10-6-4-3-5-7(8,9-6)11-2/h3-5,9H,8H2,1-2H3. The van der Waals surface area contributed by atoms with E-state index in [0.29, 0.717) is 5.88 Å². The predicted octanol–water partition coefficient (Wildman–Crippen LogP) is -0.108. The normalized spacial score (nSPS) is 29.2. The van der Waals surface area contributed by atoms with Gasteiger partial charge in [0.25, 0.3) is 0 Å². The van der Waals surface area contributed by atoms with Gasteiger partial charge in [0.15, 0.2) is 5.88 Å². The molecule has 0 radical (unpaired) electrons. The fourth-order valence-electron chi connectivity index (χ4n) is 0.792. The number of nitrogens with two attached hydrogens (primary N) is 1. The molecule has 1 heterocycles. The Morgan fingerprint density at radius 1 is 1.55 bits per heavy atom. The molecular formula is C7H12N2O2. The van der Waals surface area contributed by atoms with E-state index >= 15 is 0 Å². The molecule has 1 atom stereocenters. The Balaban J connectivity index is 2.68. The van der Waals surface area contributed by atoms with Crippen LogP contribution in [0.2, 0.25) is 0 Å². The first-order valence-electron chi connectivity index (χ1n) is 3.26. The summed E-state index contributed by atoms with van der Waals surface area (Å²) in [7, 11) is 3.09. The lowest BCUT2D eigenvalue weighted by Gasteiger charge is -2.29. The van der Waals surface area contributed by atoms with Crippen LogP contribution >= 0.6 is 0 Å². The minimum Gasteiger partial charge on any atom is -0.482 e. The number of hydrogen-bond donors (Lipinski definition) is 2. The van der Waals surface area contributed by atoms with Gasteiger partial charge in [-0.05, 0) is 12.2 Å². The van der Waals surface area contributed by atoms with E-state index in [-0.39, 0.29) is 0 Å². The molecule has 0 aromatic rings. The summed E-state index contributed by atoms with van der Waals surface area (Å²) >= 11 is 0. The molecule has 0 aromatic carbocycles. The molecule has 0 spiro atoms. The average Bonchev–Trinajstić information content (AvgIpc) is 2.05. The zero-order valence-electron chi connectivity index (χ0n) is 6.63. The minimum absolute atomic E-state index is 0.594. The van der Waals surface area contributed by atoms with Crippen molar-refractivity contribution in [2.24, 2.45) is 5.73 Å². The largest absolute Gasteiger partial charge is 0.482 e. The van der Waals surface area contributed by atoms with E-state index in [2.05, 4.69) is 5.32 Å². The van der Waals surface area contributed by atoms with Gasteiger partial charge < -0.3 is 14.8 Å². The second kappa shape index (κ2) is 2.94. The average molecular weight is 156 g/mol. The summed E-state index contributed by atoms with van der Waals surface area (Å²) < 4.78 is 9.90. The van der Waals surface area contributed by atoms with E-state index in [9.17, 15) is 0 Å². The number of methoxy groups -OCH3 is 2. The Labute approximate surface area is 65.7 Å². The first kappa shape index (κ1) is 8.10. The van der Waals surface area contributed by atoms with Crippen LogP contribution < -0.4 is 11.1 Å². The Morgan fingerprint density at radius 2 is 2.27 bits per heavy atom. The summed E-state index contributed by atoms with van der Waals surface area (Å²) in [5.41, 5.74) is 5.68. The maximum atomic E-state index is 5.68. The van der Waals surface area contributed by atoms with E-state index in [1.54, 1.807) is 25.3 Å². The number of dihydropyridines is 1. The first-order valence-corrected chi connectivity index (χ1v) is 3.26. The quantitative estimate of drug-likeness (QED) is 0.548. The molecule has 0 aromatic heterocycles. The highest BCUT2D eigenvalue weighted by molar-refractivity contribution is 5.18. The molecule has 1 aliphatic rings. The Hall–Kier alpha value is -1.00. The van der Waals surface area contributed by atoms with E-state index in [1.165, 1.54) is 7.11 Å². The van der Waals surface area contributed by atoms with Crippen LogP contribution in [-0.2, 0) is 9.47 Å². The number of rotatable bonds is 2. The van der Waals surface area contributed by atoms with E-state index in [4.69, 9.17) is 15.2 Å². The SMILES string of the molecule is COC1=CC=CC(N)(OC)N1. The van der Waals surface area contributed by atoms with Crippen molar-refractivity contribution in [1.82, 2.24) is 5.32 Å². The molecular weight excluding hydrogens is 144 g/mol. The smallest absolute Gasteiger partial charge is 0.215 e. The summed E-state index contributed by atoms with van der Waals surface area (Å²) in [6.45, 7) is 0. The van der Waals surface area contributed by atoms with Crippen molar-refractivity contribution in [3.05, 3.63) is 24.1 Å².